The number of carboxylic acid groups (broad SMARTS) is 1. The Hall–Kier alpha value is -0.610. The van der Waals surface area contributed by atoms with E-state index < -0.39 is 5.97 Å². The molecule has 0 spiro atoms. The van der Waals surface area contributed by atoms with E-state index in [1.54, 1.807) is 0 Å². The minimum absolute atomic E-state index is 0.00304. The van der Waals surface area contributed by atoms with Crippen LogP contribution in [0.2, 0.25) is 0 Å². The van der Waals surface area contributed by atoms with Gasteiger partial charge in [-0.15, -0.1) is 0 Å². The largest absolute Gasteiger partial charge is 0.481 e. The first-order chi connectivity index (χ1) is 7.18. The van der Waals surface area contributed by atoms with Gasteiger partial charge in [-0.25, -0.2) is 0 Å². The Morgan fingerprint density at radius 1 is 1.25 bits per heavy atom. The minimum atomic E-state index is -0.740. The average Bonchev–Trinajstić information content (AvgIpc) is 2.14. The topological polar surface area (TPSA) is 72.5 Å². The Morgan fingerprint density at radius 2 is 1.81 bits per heavy atom. The second-order valence-electron chi connectivity index (χ2n) is 5.62. The average molecular weight is 231 g/mol. The van der Waals surface area contributed by atoms with Crippen molar-refractivity contribution >= 4 is 5.97 Å². The van der Waals surface area contributed by atoms with E-state index >= 15 is 0 Å². The van der Waals surface area contributed by atoms with Gasteiger partial charge in [-0.1, -0.05) is 13.8 Å². The zero-order chi connectivity index (χ0) is 12.8. The molecule has 0 aliphatic heterocycles. The lowest BCUT2D eigenvalue weighted by atomic mass is 9.85. The molecule has 0 heterocycles. The van der Waals surface area contributed by atoms with Crippen LogP contribution in [0.4, 0.5) is 0 Å². The zero-order valence-electron chi connectivity index (χ0n) is 10.9. The molecule has 0 amide bonds. The summed E-state index contributed by atoms with van der Waals surface area (Å²) in [5.41, 5.74) is 5.27. The van der Waals surface area contributed by atoms with Crippen LogP contribution in [0.15, 0.2) is 0 Å². The number of ether oxygens (including phenoxy) is 1. The quantitative estimate of drug-likeness (QED) is 0.670. The summed E-state index contributed by atoms with van der Waals surface area (Å²) < 4.78 is 5.65. The van der Waals surface area contributed by atoms with Gasteiger partial charge in [0, 0.05) is 19.6 Å². The number of carboxylic acids is 1. The number of rotatable bonds is 8. The van der Waals surface area contributed by atoms with E-state index in [1.807, 2.05) is 13.8 Å². The van der Waals surface area contributed by atoms with Crippen LogP contribution >= 0.6 is 0 Å². The second-order valence-corrected chi connectivity index (χ2v) is 5.62. The molecule has 0 radical (unpaired) electrons. The summed E-state index contributed by atoms with van der Waals surface area (Å²) in [5, 5.41) is 8.62. The van der Waals surface area contributed by atoms with E-state index in [0.29, 0.717) is 19.6 Å². The van der Waals surface area contributed by atoms with E-state index in [1.165, 1.54) is 0 Å². The molecule has 3 N–H and O–H groups in total. The van der Waals surface area contributed by atoms with Gasteiger partial charge in [-0.05, 0) is 32.1 Å². The van der Waals surface area contributed by atoms with E-state index in [0.717, 1.165) is 6.42 Å². The standard InChI is InChI=1S/C12H25NO3/c1-11(2,6-5-10(14)15)7-8-16-12(3,4)9-13/h5-9,13H2,1-4H3,(H,14,15). The van der Waals surface area contributed by atoms with Crippen molar-refractivity contribution in [1.29, 1.82) is 0 Å². The predicted octanol–water partition coefficient (Wildman–Crippen LogP) is 2.02. The Morgan fingerprint density at radius 3 is 2.25 bits per heavy atom. The molecule has 0 aromatic rings. The molecule has 4 nitrogen and oxygen atoms in total. The zero-order valence-corrected chi connectivity index (χ0v) is 10.9. The lowest BCUT2D eigenvalue weighted by Gasteiger charge is -2.28. The fourth-order valence-electron chi connectivity index (χ4n) is 1.23. The van der Waals surface area contributed by atoms with Crippen molar-refractivity contribution in [2.75, 3.05) is 13.2 Å². The van der Waals surface area contributed by atoms with Crippen LogP contribution in [0.25, 0.3) is 0 Å². The summed E-state index contributed by atoms with van der Waals surface area (Å²) in [6.45, 7) is 9.15. The van der Waals surface area contributed by atoms with Crippen LogP contribution in [0.1, 0.15) is 47.0 Å². The predicted molar refractivity (Wildman–Crippen MR) is 64.4 cm³/mol. The van der Waals surface area contributed by atoms with Crippen LogP contribution in [0, 0.1) is 5.41 Å². The highest BCUT2D eigenvalue weighted by Gasteiger charge is 2.21. The maximum absolute atomic E-state index is 10.5. The highest BCUT2D eigenvalue weighted by molar-refractivity contribution is 5.66. The molecule has 0 aromatic carbocycles. The van der Waals surface area contributed by atoms with Crippen LogP contribution in [0.3, 0.4) is 0 Å². The lowest BCUT2D eigenvalue weighted by molar-refractivity contribution is -0.137. The molecule has 0 atom stereocenters. The lowest BCUT2D eigenvalue weighted by Crippen LogP contribution is -2.35. The van der Waals surface area contributed by atoms with Crippen molar-refractivity contribution in [3.8, 4) is 0 Å². The fraction of sp³-hybridized carbons (Fsp3) is 0.917. The summed E-state index contributed by atoms with van der Waals surface area (Å²) in [5.74, 6) is -0.740. The molecule has 0 bridgehead atoms. The normalized spacial score (nSPS) is 12.8. The Labute approximate surface area is 98.2 Å². The summed E-state index contributed by atoms with van der Waals surface area (Å²) in [4.78, 5) is 10.5. The first kappa shape index (κ1) is 15.4. The van der Waals surface area contributed by atoms with Crippen molar-refractivity contribution in [2.45, 2.75) is 52.6 Å². The Balaban J connectivity index is 3.86. The van der Waals surface area contributed by atoms with Gasteiger partial charge < -0.3 is 15.6 Å². The van der Waals surface area contributed by atoms with Gasteiger partial charge in [0.1, 0.15) is 0 Å². The molecule has 0 unspecified atom stereocenters. The Bertz CT molecular complexity index is 224. The molecule has 0 aromatic heterocycles. The van der Waals surface area contributed by atoms with Gasteiger partial charge in [0.15, 0.2) is 0 Å². The third-order valence-electron chi connectivity index (χ3n) is 2.78. The summed E-state index contributed by atoms with van der Waals surface area (Å²) in [6.07, 6.45) is 1.74. The number of carbonyl (C=O) groups is 1. The van der Waals surface area contributed by atoms with Gasteiger partial charge >= 0.3 is 5.97 Å². The molecule has 0 aliphatic rings. The highest BCUT2D eigenvalue weighted by atomic mass is 16.5. The van der Waals surface area contributed by atoms with Crippen molar-refractivity contribution < 1.29 is 14.6 Å². The molecule has 0 fully saturated rings. The first-order valence-corrected chi connectivity index (χ1v) is 5.74. The summed E-state index contributed by atoms with van der Waals surface area (Å²) >= 11 is 0. The second kappa shape index (κ2) is 6.21. The third-order valence-corrected chi connectivity index (χ3v) is 2.78. The minimum Gasteiger partial charge on any atom is -0.481 e. The van der Waals surface area contributed by atoms with Crippen molar-refractivity contribution in [3.63, 3.8) is 0 Å². The molecule has 0 rings (SSSR count). The maximum atomic E-state index is 10.5. The molecule has 96 valence electrons. The van der Waals surface area contributed by atoms with Gasteiger partial charge in [0.25, 0.3) is 0 Å². The molecule has 0 saturated carbocycles. The van der Waals surface area contributed by atoms with E-state index in [-0.39, 0.29) is 17.4 Å². The van der Waals surface area contributed by atoms with Crippen LogP contribution < -0.4 is 5.73 Å². The summed E-state index contributed by atoms with van der Waals surface area (Å²) in [6, 6.07) is 0. The smallest absolute Gasteiger partial charge is 0.303 e. The van der Waals surface area contributed by atoms with Gasteiger partial charge in [-0.2, -0.15) is 0 Å². The van der Waals surface area contributed by atoms with E-state index in [2.05, 4.69) is 13.8 Å². The molecular weight excluding hydrogens is 206 g/mol. The number of aliphatic carboxylic acids is 1. The maximum Gasteiger partial charge on any atom is 0.303 e. The number of hydrogen-bond donors (Lipinski definition) is 2. The molecule has 0 aliphatic carbocycles. The van der Waals surface area contributed by atoms with Crippen LogP contribution in [-0.2, 0) is 9.53 Å². The third kappa shape index (κ3) is 7.65. The highest BCUT2D eigenvalue weighted by Crippen LogP contribution is 2.27. The number of hydrogen-bond acceptors (Lipinski definition) is 3. The molecule has 16 heavy (non-hydrogen) atoms. The monoisotopic (exact) mass is 231 g/mol. The van der Waals surface area contributed by atoms with Crippen molar-refractivity contribution in [1.82, 2.24) is 0 Å². The van der Waals surface area contributed by atoms with Crippen LogP contribution in [0.5, 0.6) is 0 Å². The molecule has 0 saturated heterocycles. The summed E-state index contributed by atoms with van der Waals surface area (Å²) in [7, 11) is 0. The molecular formula is C12H25NO3. The van der Waals surface area contributed by atoms with E-state index in [4.69, 9.17) is 15.6 Å². The van der Waals surface area contributed by atoms with Gasteiger partial charge in [0.05, 0.1) is 5.60 Å². The Kier molecular flexibility index (Phi) is 5.97. The van der Waals surface area contributed by atoms with Crippen molar-refractivity contribution in [3.05, 3.63) is 0 Å². The van der Waals surface area contributed by atoms with E-state index in [9.17, 15) is 4.79 Å². The first-order valence-electron chi connectivity index (χ1n) is 5.74. The van der Waals surface area contributed by atoms with Gasteiger partial charge in [-0.3, -0.25) is 4.79 Å². The molecule has 4 heteroatoms. The number of nitrogens with two attached hydrogens (primary N) is 1. The SMILES string of the molecule is CC(C)(CCOC(C)(C)CN)CCC(=O)O. The fourth-order valence-corrected chi connectivity index (χ4v) is 1.23. The van der Waals surface area contributed by atoms with Crippen LogP contribution in [-0.4, -0.2) is 29.8 Å². The van der Waals surface area contributed by atoms with Gasteiger partial charge in [0.2, 0.25) is 0 Å². The van der Waals surface area contributed by atoms with Crippen molar-refractivity contribution in [2.24, 2.45) is 11.1 Å².